The Hall–Kier alpha value is -0.700. The molecule has 19 heavy (non-hydrogen) atoms. The van der Waals surface area contributed by atoms with Crippen molar-refractivity contribution in [3.05, 3.63) is 33.6 Å². The van der Waals surface area contributed by atoms with E-state index < -0.39 is 10.0 Å². The van der Waals surface area contributed by atoms with Gasteiger partial charge < -0.3 is 4.98 Å². The standard InChI is InChI=1S/C11H14BrN3O2S2/c1-3-8(11-13-4-5-14-11)15-19(16,17)9-6-7(2)10(12)18-9/h4-6,8,15H,3H2,1-2H3,(H,13,14). The summed E-state index contributed by atoms with van der Waals surface area (Å²) in [7, 11) is -3.52. The first-order chi connectivity index (χ1) is 8.94. The van der Waals surface area contributed by atoms with Gasteiger partial charge in [-0.2, -0.15) is 4.72 Å². The van der Waals surface area contributed by atoms with Crippen LogP contribution in [-0.2, 0) is 10.0 Å². The molecule has 0 aliphatic carbocycles. The van der Waals surface area contributed by atoms with E-state index in [1.54, 1.807) is 18.5 Å². The van der Waals surface area contributed by atoms with E-state index in [4.69, 9.17) is 0 Å². The molecule has 104 valence electrons. The predicted molar refractivity (Wildman–Crippen MR) is 78.7 cm³/mol. The minimum Gasteiger partial charge on any atom is -0.347 e. The molecule has 2 N–H and O–H groups in total. The normalized spacial score (nSPS) is 13.6. The lowest BCUT2D eigenvalue weighted by Crippen LogP contribution is -2.28. The number of imidazole rings is 1. The van der Waals surface area contributed by atoms with Gasteiger partial charge >= 0.3 is 0 Å². The average molecular weight is 364 g/mol. The van der Waals surface area contributed by atoms with E-state index in [9.17, 15) is 8.42 Å². The van der Waals surface area contributed by atoms with Crippen molar-refractivity contribution in [2.75, 3.05) is 0 Å². The van der Waals surface area contributed by atoms with Crippen LogP contribution in [0.4, 0.5) is 0 Å². The molecule has 0 saturated heterocycles. The summed E-state index contributed by atoms with van der Waals surface area (Å²) in [5, 5.41) is 0. The Morgan fingerprint density at radius 3 is 2.79 bits per heavy atom. The highest BCUT2D eigenvalue weighted by Crippen LogP contribution is 2.31. The number of hydrogen-bond acceptors (Lipinski definition) is 4. The van der Waals surface area contributed by atoms with Gasteiger partial charge in [0.1, 0.15) is 10.0 Å². The van der Waals surface area contributed by atoms with Crippen LogP contribution in [0.1, 0.15) is 30.8 Å². The van der Waals surface area contributed by atoms with E-state index in [2.05, 4.69) is 30.6 Å². The summed E-state index contributed by atoms with van der Waals surface area (Å²) >= 11 is 4.54. The van der Waals surface area contributed by atoms with Crippen LogP contribution >= 0.6 is 27.3 Å². The lowest BCUT2D eigenvalue weighted by molar-refractivity contribution is 0.541. The summed E-state index contributed by atoms with van der Waals surface area (Å²) in [6, 6.07) is 1.31. The Morgan fingerprint density at radius 2 is 2.32 bits per heavy atom. The van der Waals surface area contributed by atoms with E-state index in [0.717, 1.165) is 9.35 Å². The van der Waals surface area contributed by atoms with E-state index in [1.165, 1.54) is 11.3 Å². The molecule has 0 fully saturated rings. The number of rotatable bonds is 5. The molecule has 2 heterocycles. The van der Waals surface area contributed by atoms with Crippen LogP contribution < -0.4 is 4.72 Å². The Kier molecular flexibility index (Phi) is 4.44. The van der Waals surface area contributed by atoms with Gasteiger partial charge in [0, 0.05) is 12.4 Å². The highest BCUT2D eigenvalue weighted by atomic mass is 79.9. The third kappa shape index (κ3) is 3.25. The molecule has 0 spiro atoms. The second-order valence-corrected chi connectivity index (χ2v) is 8.39. The topological polar surface area (TPSA) is 74.8 Å². The van der Waals surface area contributed by atoms with Gasteiger partial charge in [-0.05, 0) is 40.9 Å². The van der Waals surface area contributed by atoms with Gasteiger partial charge in [0.2, 0.25) is 0 Å². The Balaban J connectivity index is 2.25. The summed E-state index contributed by atoms with van der Waals surface area (Å²) in [5.41, 5.74) is 0.913. The monoisotopic (exact) mass is 363 g/mol. The number of thiophene rings is 1. The van der Waals surface area contributed by atoms with E-state index >= 15 is 0 Å². The molecule has 0 aromatic carbocycles. The molecule has 5 nitrogen and oxygen atoms in total. The van der Waals surface area contributed by atoms with Crippen LogP contribution in [0, 0.1) is 6.92 Å². The molecular weight excluding hydrogens is 350 g/mol. The van der Waals surface area contributed by atoms with Gasteiger partial charge in [-0.3, -0.25) is 0 Å². The molecule has 2 rings (SSSR count). The molecule has 0 aliphatic heterocycles. The van der Waals surface area contributed by atoms with Crippen LogP contribution in [0.15, 0.2) is 26.5 Å². The molecular formula is C11H14BrN3O2S2. The number of aromatic nitrogens is 2. The minimum atomic E-state index is -3.52. The van der Waals surface area contributed by atoms with Crippen LogP contribution in [0.25, 0.3) is 0 Å². The van der Waals surface area contributed by atoms with Crippen molar-refractivity contribution in [1.29, 1.82) is 0 Å². The van der Waals surface area contributed by atoms with Crippen LogP contribution in [-0.4, -0.2) is 18.4 Å². The third-order valence-electron chi connectivity index (χ3n) is 2.65. The van der Waals surface area contributed by atoms with Gasteiger partial charge in [-0.15, -0.1) is 11.3 Å². The lowest BCUT2D eigenvalue weighted by atomic mass is 10.2. The fourth-order valence-corrected chi connectivity index (χ4v) is 5.14. The van der Waals surface area contributed by atoms with Crippen molar-refractivity contribution in [3.8, 4) is 0 Å². The molecule has 2 aromatic rings. The minimum absolute atomic E-state index is 0.307. The quantitative estimate of drug-likeness (QED) is 0.857. The zero-order chi connectivity index (χ0) is 14.0. The van der Waals surface area contributed by atoms with E-state index in [-0.39, 0.29) is 6.04 Å². The van der Waals surface area contributed by atoms with Crippen molar-refractivity contribution in [2.45, 2.75) is 30.5 Å². The first-order valence-corrected chi connectivity index (χ1v) is 8.81. The molecule has 0 radical (unpaired) electrons. The molecule has 0 bridgehead atoms. The van der Waals surface area contributed by atoms with Gasteiger partial charge in [0.05, 0.1) is 9.83 Å². The van der Waals surface area contributed by atoms with Crippen LogP contribution in [0.2, 0.25) is 0 Å². The number of sulfonamides is 1. The molecule has 2 aromatic heterocycles. The number of hydrogen-bond donors (Lipinski definition) is 2. The highest BCUT2D eigenvalue weighted by molar-refractivity contribution is 9.11. The lowest BCUT2D eigenvalue weighted by Gasteiger charge is -2.13. The number of H-pyrrole nitrogens is 1. The fraction of sp³-hybridized carbons (Fsp3) is 0.364. The van der Waals surface area contributed by atoms with Crippen molar-refractivity contribution >= 4 is 37.3 Å². The van der Waals surface area contributed by atoms with Crippen LogP contribution in [0.5, 0.6) is 0 Å². The Labute approximate surface area is 124 Å². The van der Waals surface area contributed by atoms with E-state index in [1.807, 2.05) is 13.8 Å². The first kappa shape index (κ1) is 14.7. The molecule has 1 atom stereocenters. The van der Waals surface area contributed by atoms with Crippen molar-refractivity contribution in [2.24, 2.45) is 0 Å². The molecule has 0 saturated carbocycles. The summed E-state index contributed by atoms with van der Waals surface area (Å²) in [4.78, 5) is 7.03. The van der Waals surface area contributed by atoms with E-state index in [0.29, 0.717) is 16.5 Å². The van der Waals surface area contributed by atoms with Crippen molar-refractivity contribution < 1.29 is 8.42 Å². The molecule has 0 amide bonds. The molecule has 0 aliphatic rings. The third-order valence-corrected chi connectivity index (χ3v) is 6.74. The maximum absolute atomic E-state index is 12.3. The smallest absolute Gasteiger partial charge is 0.250 e. The summed E-state index contributed by atoms with van der Waals surface area (Å²) < 4.78 is 28.4. The summed E-state index contributed by atoms with van der Waals surface area (Å²) in [6.45, 7) is 3.77. The van der Waals surface area contributed by atoms with Gasteiger partial charge in [-0.1, -0.05) is 6.92 Å². The second kappa shape index (κ2) is 5.74. The zero-order valence-electron chi connectivity index (χ0n) is 10.5. The number of nitrogens with zero attached hydrogens (tertiary/aromatic N) is 1. The van der Waals surface area contributed by atoms with Gasteiger partial charge in [0.25, 0.3) is 10.0 Å². The van der Waals surface area contributed by atoms with Gasteiger partial charge in [0.15, 0.2) is 0 Å². The maximum atomic E-state index is 12.3. The second-order valence-electron chi connectivity index (χ2n) is 4.08. The Bertz CT molecular complexity index is 630. The molecule has 1 unspecified atom stereocenters. The molecule has 8 heteroatoms. The number of aryl methyl sites for hydroxylation is 1. The fourth-order valence-electron chi connectivity index (χ4n) is 1.61. The van der Waals surface area contributed by atoms with Crippen molar-refractivity contribution in [1.82, 2.24) is 14.7 Å². The number of nitrogens with one attached hydrogen (secondary N) is 2. The van der Waals surface area contributed by atoms with Crippen LogP contribution in [0.3, 0.4) is 0 Å². The van der Waals surface area contributed by atoms with Crippen molar-refractivity contribution in [3.63, 3.8) is 0 Å². The Morgan fingerprint density at radius 1 is 1.58 bits per heavy atom. The maximum Gasteiger partial charge on any atom is 0.250 e. The SMILES string of the molecule is CCC(NS(=O)(=O)c1cc(C)c(Br)s1)c1ncc[nH]1. The predicted octanol–water partition coefficient (Wildman–Crippen LogP) is 2.97. The highest BCUT2D eigenvalue weighted by Gasteiger charge is 2.23. The average Bonchev–Trinajstić information content (AvgIpc) is 2.98. The number of aromatic amines is 1. The first-order valence-electron chi connectivity index (χ1n) is 5.71. The zero-order valence-corrected chi connectivity index (χ0v) is 13.7. The number of halogens is 1. The van der Waals surface area contributed by atoms with Gasteiger partial charge in [-0.25, -0.2) is 13.4 Å². The summed E-state index contributed by atoms with van der Waals surface area (Å²) in [5.74, 6) is 0.624. The summed E-state index contributed by atoms with van der Waals surface area (Å²) in [6.07, 6.45) is 3.91. The largest absolute Gasteiger partial charge is 0.347 e.